The molecule has 1 aromatic rings. The molecule has 3 atom stereocenters. The first-order chi connectivity index (χ1) is 7.66. The quantitative estimate of drug-likeness (QED) is 0.802. The fourth-order valence-electron chi connectivity index (χ4n) is 2.40. The Morgan fingerprint density at radius 3 is 2.75 bits per heavy atom. The molecule has 1 aliphatic carbocycles. The molecule has 0 saturated heterocycles. The molecule has 0 aromatic carbocycles. The molecule has 3 unspecified atom stereocenters. The maximum Gasteiger partial charge on any atom is 0.149 e. The minimum atomic E-state index is 0.468. The predicted octanol–water partition coefficient (Wildman–Crippen LogP) is 2.30. The highest BCUT2D eigenvalue weighted by Crippen LogP contribution is 2.31. The molecule has 1 aromatic heterocycles. The molecule has 4 heteroatoms. The van der Waals surface area contributed by atoms with Crippen LogP contribution in [-0.2, 0) is 0 Å². The minimum absolute atomic E-state index is 0.468. The molecular formula is C12H20N4. The maximum absolute atomic E-state index is 5.51. The average Bonchev–Trinajstić information content (AvgIpc) is 2.28. The lowest BCUT2D eigenvalue weighted by atomic mass is 9.78. The van der Waals surface area contributed by atoms with Gasteiger partial charge in [0.25, 0.3) is 0 Å². The summed E-state index contributed by atoms with van der Waals surface area (Å²) < 4.78 is 0. The number of nitrogens with one attached hydrogen (secondary N) is 1. The van der Waals surface area contributed by atoms with Crippen LogP contribution in [0.2, 0.25) is 0 Å². The number of hydrogen-bond acceptors (Lipinski definition) is 4. The fraction of sp³-hybridized carbons (Fsp3) is 0.667. The summed E-state index contributed by atoms with van der Waals surface area (Å²) in [7, 11) is 0. The number of anilines is 2. The van der Waals surface area contributed by atoms with E-state index in [4.69, 9.17) is 5.73 Å². The largest absolute Gasteiger partial charge is 0.382 e. The van der Waals surface area contributed by atoms with Gasteiger partial charge in [-0.2, -0.15) is 0 Å². The first-order valence-electron chi connectivity index (χ1n) is 6.02. The fourth-order valence-corrected chi connectivity index (χ4v) is 2.40. The Morgan fingerprint density at radius 2 is 2.06 bits per heavy atom. The van der Waals surface area contributed by atoms with Crippen LogP contribution in [0.5, 0.6) is 0 Å². The van der Waals surface area contributed by atoms with Gasteiger partial charge in [-0.3, -0.25) is 0 Å². The van der Waals surface area contributed by atoms with E-state index in [0.717, 1.165) is 11.7 Å². The molecule has 0 bridgehead atoms. The normalized spacial score (nSPS) is 30.0. The zero-order valence-electron chi connectivity index (χ0n) is 9.98. The number of hydrogen-bond donors (Lipinski definition) is 2. The van der Waals surface area contributed by atoms with Gasteiger partial charge in [0.2, 0.25) is 0 Å². The molecule has 0 radical (unpaired) electrons. The van der Waals surface area contributed by atoms with Crippen LogP contribution >= 0.6 is 0 Å². The second-order valence-corrected chi connectivity index (χ2v) is 4.86. The summed E-state index contributed by atoms with van der Waals surface area (Å²) in [6.07, 6.45) is 3.86. The summed E-state index contributed by atoms with van der Waals surface area (Å²) in [6.45, 7) is 4.64. The number of aromatic nitrogens is 2. The van der Waals surface area contributed by atoms with Gasteiger partial charge in [0.05, 0.1) is 0 Å². The van der Waals surface area contributed by atoms with Crippen LogP contribution < -0.4 is 11.1 Å². The maximum atomic E-state index is 5.51. The third-order valence-corrected chi connectivity index (χ3v) is 3.73. The van der Waals surface area contributed by atoms with Crippen molar-refractivity contribution in [1.82, 2.24) is 10.2 Å². The molecule has 0 aliphatic heterocycles. The standard InChI is InChI=1S/C12H20N4/c1-8-4-3-5-10(9(8)2)14-12-7-6-11(13)15-16-12/h6-10H,3-5H2,1-2H3,(H2,13,15)(H,14,16). The van der Waals surface area contributed by atoms with E-state index in [-0.39, 0.29) is 0 Å². The zero-order valence-corrected chi connectivity index (χ0v) is 9.98. The van der Waals surface area contributed by atoms with E-state index in [2.05, 4.69) is 29.4 Å². The van der Waals surface area contributed by atoms with Gasteiger partial charge in [-0.1, -0.05) is 26.7 Å². The lowest BCUT2D eigenvalue weighted by Crippen LogP contribution is -2.35. The molecule has 1 heterocycles. The van der Waals surface area contributed by atoms with E-state index in [9.17, 15) is 0 Å². The molecule has 1 fully saturated rings. The molecule has 2 rings (SSSR count). The zero-order chi connectivity index (χ0) is 11.5. The van der Waals surface area contributed by atoms with Crippen molar-refractivity contribution in [2.45, 2.75) is 39.2 Å². The highest BCUT2D eigenvalue weighted by molar-refractivity contribution is 5.39. The Kier molecular flexibility index (Phi) is 3.27. The molecule has 1 saturated carbocycles. The second kappa shape index (κ2) is 4.68. The second-order valence-electron chi connectivity index (χ2n) is 4.86. The first kappa shape index (κ1) is 11.2. The third-order valence-electron chi connectivity index (χ3n) is 3.73. The van der Waals surface area contributed by atoms with Crippen molar-refractivity contribution in [1.29, 1.82) is 0 Å². The smallest absolute Gasteiger partial charge is 0.149 e. The molecular weight excluding hydrogens is 200 g/mol. The van der Waals surface area contributed by atoms with Gasteiger partial charge in [0, 0.05) is 6.04 Å². The predicted molar refractivity (Wildman–Crippen MR) is 66.0 cm³/mol. The summed E-state index contributed by atoms with van der Waals surface area (Å²) in [4.78, 5) is 0. The van der Waals surface area contributed by atoms with Gasteiger partial charge in [-0.25, -0.2) is 0 Å². The van der Waals surface area contributed by atoms with Crippen LogP contribution in [0.1, 0.15) is 33.1 Å². The van der Waals surface area contributed by atoms with E-state index in [0.29, 0.717) is 17.8 Å². The van der Waals surface area contributed by atoms with Crippen molar-refractivity contribution in [3.8, 4) is 0 Å². The van der Waals surface area contributed by atoms with E-state index in [1.807, 2.05) is 6.07 Å². The van der Waals surface area contributed by atoms with Crippen LogP contribution in [0.3, 0.4) is 0 Å². The lowest BCUT2D eigenvalue weighted by Gasteiger charge is -2.34. The Morgan fingerprint density at radius 1 is 1.25 bits per heavy atom. The van der Waals surface area contributed by atoms with Crippen LogP contribution in [0.4, 0.5) is 11.6 Å². The van der Waals surface area contributed by atoms with E-state index >= 15 is 0 Å². The first-order valence-corrected chi connectivity index (χ1v) is 6.02. The summed E-state index contributed by atoms with van der Waals surface area (Å²) in [6, 6.07) is 4.20. The van der Waals surface area contributed by atoms with E-state index in [1.165, 1.54) is 19.3 Å². The lowest BCUT2D eigenvalue weighted by molar-refractivity contribution is 0.253. The van der Waals surface area contributed by atoms with Crippen LogP contribution in [-0.4, -0.2) is 16.2 Å². The molecule has 88 valence electrons. The average molecular weight is 220 g/mol. The SMILES string of the molecule is CC1CCCC(Nc2ccc(N)nn2)C1C. The van der Waals surface area contributed by atoms with E-state index < -0.39 is 0 Å². The molecule has 1 aliphatic rings. The van der Waals surface area contributed by atoms with Gasteiger partial charge < -0.3 is 11.1 Å². The van der Waals surface area contributed by atoms with Gasteiger partial charge in [0.1, 0.15) is 11.6 Å². The summed E-state index contributed by atoms with van der Waals surface area (Å²) in [5.74, 6) is 2.77. The number of nitrogens with zero attached hydrogens (tertiary/aromatic N) is 2. The van der Waals surface area contributed by atoms with Crippen LogP contribution in [0.15, 0.2) is 12.1 Å². The van der Waals surface area contributed by atoms with Gasteiger partial charge in [0.15, 0.2) is 0 Å². The van der Waals surface area contributed by atoms with Crippen molar-refractivity contribution in [2.24, 2.45) is 11.8 Å². The Bertz CT molecular complexity index is 335. The third kappa shape index (κ3) is 2.43. The highest BCUT2D eigenvalue weighted by Gasteiger charge is 2.26. The van der Waals surface area contributed by atoms with Gasteiger partial charge >= 0.3 is 0 Å². The molecule has 4 nitrogen and oxygen atoms in total. The molecule has 0 spiro atoms. The van der Waals surface area contributed by atoms with Crippen molar-refractivity contribution in [3.63, 3.8) is 0 Å². The van der Waals surface area contributed by atoms with Crippen molar-refractivity contribution < 1.29 is 0 Å². The Hall–Kier alpha value is -1.32. The number of nitrogens with two attached hydrogens (primary N) is 1. The number of nitrogen functional groups attached to an aromatic ring is 1. The summed E-state index contributed by atoms with van der Waals surface area (Å²) >= 11 is 0. The van der Waals surface area contributed by atoms with Crippen LogP contribution in [0.25, 0.3) is 0 Å². The van der Waals surface area contributed by atoms with Crippen molar-refractivity contribution >= 4 is 11.6 Å². The Labute approximate surface area is 96.6 Å². The van der Waals surface area contributed by atoms with Crippen molar-refractivity contribution in [3.05, 3.63) is 12.1 Å². The Balaban J connectivity index is 2.00. The molecule has 3 N–H and O–H groups in total. The van der Waals surface area contributed by atoms with Crippen molar-refractivity contribution in [2.75, 3.05) is 11.1 Å². The number of rotatable bonds is 2. The highest BCUT2D eigenvalue weighted by atomic mass is 15.2. The summed E-state index contributed by atoms with van der Waals surface area (Å²) in [5.41, 5.74) is 5.51. The topological polar surface area (TPSA) is 63.8 Å². The van der Waals surface area contributed by atoms with E-state index in [1.54, 1.807) is 6.07 Å². The summed E-state index contributed by atoms with van der Waals surface area (Å²) in [5, 5.41) is 11.4. The molecule has 16 heavy (non-hydrogen) atoms. The molecule has 0 amide bonds. The van der Waals surface area contributed by atoms with Crippen LogP contribution in [0, 0.1) is 11.8 Å². The van der Waals surface area contributed by atoms with Gasteiger partial charge in [-0.05, 0) is 30.4 Å². The minimum Gasteiger partial charge on any atom is -0.382 e. The monoisotopic (exact) mass is 220 g/mol. The van der Waals surface area contributed by atoms with Gasteiger partial charge in [-0.15, -0.1) is 10.2 Å².